The van der Waals surface area contributed by atoms with Crippen LogP contribution in [-0.2, 0) is 0 Å². The normalized spacial score (nSPS) is 20.9. The lowest BCUT2D eigenvalue weighted by molar-refractivity contribution is 0.546. The van der Waals surface area contributed by atoms with Gasteiger partial charge in [-0.1, -0.05) is 11.6 Å². The first-order valence-electron chi connectivity index (χ1n) is 5.37. The van der Waals surface area contributed by atoms with Crippen LogP contribution in [0.1, 0.15) is 12.8 Å². The second-order valence-electron chi connectivity index (χ2n) is 3.99. The molecule has 4 heteroatoms. The molecule has 2 rings (SSSR count). The van der Waals surface area contributed by atoms with Crippen molar-refractivity contribution in [1.29, 1.82) is 0 Å². The Morgan fingerprint density at radius 1 is 1.60 bits per heavy atom. The molecule has 1 atom stereocenters. The SMILES string of the molecule is NCCC1CCN(c2ncccc2Cl)C1. The smallest absolute Gasteiger partial charge is 0.147 e. The van der Waals surface area contributed by atoms with Crippen molar-refractivity contribution in [3.8, 4) is 0 Å². The first kappa shape index (κ1) is 10.7. The van der Waals surface area contributed by atoms with E-state index in [0.717, 1.165) is 36.9 Å². The van der Waals surface area contributed by atoms with Gasteiger partial charge in [0.1, 0.15) is 5.82 Å². The third kappa shape index (κ3) is 2.41. The number of halogens is 1. The molecule has 15 heavy (non-hydrogen) atoms. The van der Waals surface area contributed by atoms with Crippen LogP contribution in [0.5, 0.6) is 0 Å². The molecule has 0 aromatic carbocycles. The Morgan fingerprint density at radius 3 is 3.20 bits per heavy atom. The van der Waals surface area contributed by atoms with Crippen LogP contribution >= 0.6 is 11.6 Å². The quantitative estimate of drug-likeness (QED) is 0.855. The summed E-state index contributed by atoms with van der Waals surface area (Å²) >= 11 is 6.10. The molecule has 1 saturated heterocycles. The highest BCUT2D eigenvalue weighted by atomic mass is 35.5. The van der Waals surface area contributed by atoms with Crippen molar-refractivity contribution in [2.75, 3.05) is 24.5 Å². The number of anilines is 1. The molecule has 2 N–H and O–H groups in total. The fraction of sp³-hybridized carbons (Fsp3) is 0.545. The van der Waals surface area contributed by atoms with Crippen LogP contribution in [0.2, 0.25) is 5.02 Å². The summed E-state index contributed by atoms with van der Waals surface area (Å²) in [5.41, 5.74) is 5.56. The minimum Gasteiger partial charge on any atom is -0.355 e. The van der Waals surface area contributed by atoms with Gasteiger partial charge in [0.2, 0.25) is 0 Å². The Balaban J connectivity index is 2.04. The van der Waals surface area contributed by atoms with Crippen LogP contribution in [0.15, 0.2) is 18.3 Å². The van der Waals surface area contributed by atoms with Gasteiger partial charge in [-0.05, 0) is 37.4 Å². The lowest BCUT2D eigenvalue weighted by Crippen LogP contribution is -2.21. The molecule has 3 nitrogen and oxygen atoms in total. The van der Waals surface area contributed by atoms with E-state index in [9.17, 15) is 0 Å². The Labute approximate surface area is 95.2 Å². The summed E-state index contributed by atoms with van der Waals surface area (Å²) in [6.07, 6.45) is 4.09. The maximum Gasteiger partial charge on any atom is 0.147 e. The molecular weight excluding hydrogens is 210 g/mol. The molecule has 0 radical (unpaired) electrons. The van der Waals surface area contributed by atoms with Crippen molar-refractivity contribution >= 4 is 17.4 Å². The molecular formula is C11H16ClN3. The highest BCUT2D eigenvalue weighted by molar-refractivity contribution is 6.32. The van der Waals surface area contributed by atoms with E-state index in [1.165, 1.54) is 6.42 Å². The number of aromatic nitrogens is 1. The molecule has 0 saturated carbocycles. The predicted molar refractivity (Wildman–Crippen MR) is 63.2 cm³/mol. The Bertz CT molecular complexity index is 329. The molecule has 1 aliphatic rings. The van der Waals surface area contributed by atoms with Gasteiger partial charge in [0.15, 0.2) is 0 Å². The van der Waals surface area contributed by atoms with Gasteiger partial charge in [0, 0.05) is 19.3 Å². The summed E-state index contributed by atoms with van der Waals surface area (Å²) in [7, 11) is 0. The molecule has 0 bridgehead atoms. The highest BCUT2D eigenvalue weighted by Gasteiger charge is 2.23. The largest absolute Gasteiger partial charge is 0.355 e. The van der Waals surface area contributed by atoms with E-state index in [1.54, 1.807) is 6.20 Å². The van der Waals surface area contributed by atoms with Crippen molar-refractivity contribution in [3.05, 3.63) is 23.4 Å². The van der Waals surface area contributed by atoms with Crippen LogP contribution in [0.25, 0.3) is 0 Å². The number of pyridine rings is 1. The van der Waals surface area contributed by atoms with Crippen LogP contribution < -0.4 is 10.6 Å². The number of hydrogen-bond donors (Lipinski definition) is 1. The standard InChI is InChI=1S/C11H16ClN3/c12-10-2-1-6-14-11(10)15-7-4-9(8-15)3-5-13/h1-2,6,9H,3-5,7-8,13H2. The van der Waals surface area contributed by atoms with Gasteiger partial charge in [-0.2, -0.15) is 0 Å². The van der Waals surface area contributed by atoms with E-state index in [2.05, 4.69) is 9.88 Å². The molecule has 1 aromatic rings. The second kappa shape index (κ2) is 4.81. The summed E-state index contributed by atoms with van der Waals surface area (Å²) < 4.78 is 0. The van der Waals surface area contributed by atoms with Gasteiger partial charge in [-0.15, -0.1) is 0 Å². The zero-order valence-corrected chi connectivity index (χ0v) is 9.45. The molecule has 0 spiro atoms. The summed E-state index contributed by atoms with van der Waals surface area (Å²) in [6, 6.07) is 3.75. The van der Waals surface area contributed by atoms with E-state index in [-0.39, 0.29) is 0 Å². The summed E-state index contributed by atoms with van der Waals surface area (Å²) in [5.74, 6) is 1.62. The molecule has 0 amide bonds. The number of rotatable bonds is 3. The third-order valence-electron chi connectivity index (χ3n) is 2.90. The van der Waals surface area contributed by atoms with Gasteiger partial charge in [0.25, 0.3) is 0 Å². The van der Waals surface area contributed by atoms with Crippen LogP contribution in [0, 0.1) is 5.92 Å². The topological polar surface area (TPSA) is 42.1 Å². The second-order valence-corrected chi connectivity index (χ2v) is 4.39. The zero-order chi connectivity index (χ0) is 10.7. The lowest BCUT2D eigenvalue weighted by atomic mass is 10.1. The van der Waals surface area contributed by atoms with E-state index in [0.29, 0.717) is 5.92 Å². The van der Waals surface area contributed by atoms with Gasteiger partial charge < -0.3 is 10.6 Å². The minimum atomic E-state index is 0.702. The molecule has 2 heterocycles. The van der Waals surface area contributed by atoms with Gasteiger partial charge in [-0.25, -0.2) is 4.98 Å². The zero-order valence-electron chi connectivity index (χ0n) is 8.69. The van der Waals surface area contributed by atoms with Gasteiger partial charge in [-0.3, -0.25) is 0 Å². The van der Waals surface area contributed by atoms with E-state index < -0.39 is 0 Å². The molecule has 1 aliphatic heterocycles. The number of hydrogen-bond acceptors (Lipinski definition) is 3. The maximum atomic E-state index is 6.10. The van der Waals surface area contributed by atoms with Gasteiger partial charge >= 0.3 is 0 Å². The maximum absolute atomic E-state index is 6.10. The lowest BCUT2D eigenvalue weighted by Gasteiger charge is -2.18. The molecule has 1 unspecified atom stereocenters. The van der Waals surface area contributed by atoms with Crippen molar-refractivity contribution in [2.45, 2.75) is 12.8 Å². The first-order chi connectivity index (χ1) is 7.31. The molecule has 0 aliphatic carbocycles. The number of nitrogens with zero attached hydrogens (tertiary/aromatic N) is 2. The third-order valence-corrected chi connectivity index (χ3v) is 3.19. The van der Waals surface area contributed by atoms with E-state index >= 15 is 0 Å². The fourth-order valence-electron chi connectivity index (χ4n) is 2.11. The first-order valence-corrected chi connectivity index (χ1v) is 5.74. The Morgan fingerprint density at radius 2 is 2.47 bits per heavy atom. The van der Waals surface area contributed by atoms with Crippen LogP contribution in [0.3, 0.4) is 0 Å². The average molecular weight is 226 g/mol. The summed E-state index contributed by atoms with van der Waals surface area (Å²) in [5, 5.41) is 0.742. The van der Waals surface area contributed by atoms with Crippen molar-refractivity contribution in [1.82, 2.24) is 4.98 Å². The Hall–Kier alpha value is -0.800. The molecule has 1 aromatic heterocycles. The molecule has 1 fully saturated rings. The van der Waals surface area contributed by atoms with Crippen molar-refractivity contribution < 1.29 is 0 Å². The number of nitrogens with two attached hydrogens (primary N) is 1. The fourth-order valence-corrected chi connectivity index (χ4v) is 2.35. The van der Waals surface area contributed by atoms with Crippen molar-refractivity contribution in [2.24, 2.45) is 11.7 Å². The predicted octanol–water partition coefficient (Wildman–Crippen LogP) is 1.91. The van der Waals surface area contributed by atoms with Crippen LogP contribution in [-0.4, -0.2) is 24.6 Å². The summed E-state index contributed by atoms with van der Waals surface area (Å²) in [4.78, 5) is 6.57. The monoisotopic (exact) mass is 225 g/mol. The Kier molecular flexibility index (Phi) is 3.44. The summed E-state index contributed by atoms with van der Waals surface area (Å²) in [6.45, 7) is 2.85. The minimum absolute atomic E-state index is 0.702. The van der Waals surface area contributed by atoms with Crippen LogP contribution in [0.4, 0.5) is 5.82 Å². The average Bonchev–Trinajstić information content (AvgIpc) is 2.68. The van der Waals surface area contributed by atoms with Gasteiger partial charge in [0.05, 0.1) is 5.02 Å². The molecule has 82 valence electrons. The highest BCUT2D eigenvalue weighted by Crippen LogP contribution is 2.28. The van der Waals surface area contributed by atoms with Crippen molar-refractivity contribution in [3.63, 3.8) is 0 Å². The van der Waals surface area contributed by atoms with E-state index in [4.69, 9.17) is 17.3 Å². The van der Waals surface area contributed by atoms with E-state index in [1.807, 2.05) is 12.1 Å².